The normalized spacial score (nSPS) is 27.6. The highest BCUT2D eigenvalue weighted by molar-refractivity contribution is 5.95. The van der Waals surface area contributed by atoms with E-state index in [1.54, 1.807) is 26.4 Å². The number of hydrogen-bond acceptors (Lipinski definition) is 4. The number of fused-ring (bicyclic) bond motifs is 1. The quantitative estimate of drug-likeness (QED) is 0.917. The summed E-state index contributed by atoms with van der Waals surface area (Å²) in [6.45, 7) is 4.05. The second kappa shape index (κ2) is 5.56. The first-order chi connectivity index (χ1) is 10.2. The Morgan fingerprint density at radius 1 is 1.24 bits per heavy atom. The van der Waals surface area contributed by atoms with Crippen LogP contribution in [0, 0.1) is 5.92 Å². The molecule has 2 fully saturated rings. The summed E-state index contributed by atoms with van der Waals surface area (Å²) in [6, 6.07) is 5.98. The number of rotatable bonds is 3. The van der Waals surface area contributed by atoms with Crippen LogP contribution >= 0.6 is 0 Å². The maximum atomic E-state index is 12.9. The Bertz CT molecular complexity index is 546. The monoisotopic (exact) mass is 290 g/mol. The molecule has 0 bridgehead atoms. The summed E-state index contributed by atoms with van der Waals surface area (Å²) < 4.78 is 10.5. The third kappa shape index (κ3) is 2.35. The van der Waals surface area contributed by atoms with Gasteiger partial charge in [-0.15, -0.1) is 0 Å². The highest BCUT2D eigenvalue weighted by Crippen LogP contribution is 2.35. The molecule has 2 saturated heterocycles. The van der Waals surface area contributed by atoms with Gasteiger partial charge in [0.25, 0.3) is 5.91 Å². The summed E-state index contributed by atoms with van der Waals surface area (Å²) in [5, 5.41) is 3.38. The minimum Gasteiger partial charge on any atom is -0.493 e. The fraction of sp³-hybridized carbons (Fsp3) is 0.562. The van der Waals surface area contributed by atoms with Crippen LogP contribution in [0.2, 0.25) is 0 Å². The number of ether oxygens (including phenoxy) is 2. The van der Waals surface area contributed by atoms with E-state index in [2.05, 4.69) is 12.2 Å². The van der Waals surface area contributed by atoms with Crippen LogP contribution in [-0.2, 0) is 0 Å². The molecule has 3 atom stereocenters. The Morgan fingerprint density at radius 3 is 2.71 bits per heavy atom. The van der Waals surface area contributed by atoms with E-state index in [0.717, 1.165) is 19.5 Å². The third-order valence-corrected chi connectivity index (χ3v) is 4.65. The van der Waals surface area contributed by atoms with Crippen LogP contribution in [0.25, 0.3) is 0 Å². The fourth-order valence-corrected chi connectivity index (χ4v) is 3.63. The molecule has 1 N–H and O–H groups in total. The molecule has 2 heterocycles. The van der Waals surface area contributed by atoms with Crippen molar-refractivity contribution >= 4 is 5.91 Å². The van der Waals surface area contributed by atoms with Crippen molar-refractivity contribution in [2.75, 3.05) is 27.3 Å². The van der Waals surface area contributed by atoms with Crippen LogP contribution in [0.5, 0.6) is 11.5 Å². The van der Waals surface area contributed by atoms with Crippen molar-refractivity contribution in [2.45, 2.75) is 25.4 Å². The first-order valence-corrected chi connectivity index (χ1v) is 7.41. The minimum atomic E-state index is 0.0830. The van der Waals surface area contributed by atoms with Gasteiger partial charge in [0, 0.05) is 30.7 Å². The van der Waals surface area contributed by atoms with Crippen LogP contribution < -0.4 is 14.8 Å². The molecule has 5 nitrogen and oxygen atoms in total. The van der Waals surface area contributed by atoms with Crippen molar-refractivity contribution in [1.82, 2.24) is 10.2 Å². The average Bonchev–Trinajstić information content (AvgIpc) is 3.05. The minimum absolute atomic E-state index is 0.0830. The van der Waals surface area contributed by atoms with Crippen molar-refractivity contribution in [1.29, 1.82) is 0 Å². The van der Waals surface area contributed by atoms with E-state index >= 15 is 0 Å². The van der Waals surface area contributed by atoms with Gasteiger partial charge in [0.1, 0.15) is 0 Å². The Morgan fingerprint density at radius 2 is 2.00 bits per heavy atom. The first kappa shape index (κ1) is 14.2. The van der Waals surface area contributed by atoms with Gasteiger partial charge >= 0.3 is 0 Å². The van der Waals surface area contributed by atoms with E-state index in [9.17, 15) is 4.79 Å². The van der Waals surface area contributed by atoms with E-state index in [1.807, 2.05) is 11.0 Å². The molecule has 3 rings (SSSR count). The van der Waals surface area contributed by atoms with Crippen molar-refractivity contribution in [3.05, 3.63) is 23.8 Å². The molecular weight excluding hydrogens is 268 g/mol. The molecule has 0 saturated carbocycles. The first-order valence-electron chi connectivity index (χ1n) is 7.41. The molecule has 114 valence electrons. The fourth-order valence-electron chi connectivity index (χ4n) is 3.63. The molecule has 5 heteroatoms. The maximum absolute atomic E-state index is 12.9. The lowest BCUT2D eigenvalue weighted by atomic mass is 10.0. The van der Waals surface area contributed by atoms with Crippen molar-refractivity contribution < 1.29 is 14.3 Å². The summed E-state index contributed by atoms with van der Waals surface area (Å²) in [5.41, 5.74) is 0.659. The number of carbonyl (C=O) groups excluding carboxylic acids is 1. The average molecular weight is 290 g/mol. The van der Waals surface area contributed by atoms with Gasteiger partial charge in [-0.25, -0.2) is 0 Å². The standard InChI is InChI=1S/C16H22N2O3/c1-10-6-12-8-17-9-13(12)18(10)16(19)11-4-5-14(20-2)15(7-11)21-3/h4-5,7,10,12-13,17H,6,8-9H2,1-3H3. The molecule has 0 aliphatic carbocycles. The van der Waals surface area contributed by atoms with E-state index < -0.39 is 0 Å². The second-order valence-corrected chi connectivity index (χ2v) is 5.85. The highest BCUT2D eigenvalue weighted by atomic mass is 16.5. The highest BCUT2D eigenvalue weighted by Gasteiger charge is 2.44. The van der Waals surface area contributed by atoms with Crippen LogP contribution in [0.3, 0.4) is 0 Å². The van der Waals surface area contributed by atoms with E-state index in [0.29, 0.717) is 35.1 Å². The predicted octanol–water partition coefficient (Wildman–Crippen LogP) is 1.53. The summed E-state index contributed by atoms with van der Waals surface area (Å²) >= 11 is 0. The van der Waals surface area contributed by atoms with Gasteiger partial charge in [0.2, 0.25) is 0 Å². The molecule has 1 amide bonds. The summed E-state index contributed by atoms with van der Waals surface area (Å²) in [7, 11) is 3.18. The number of methoxy groups -OCH3 is 2. The Kier molecular flexibility index (Phi) is 3.76. The number of benzene rings is 1. The lowest BCUT2D eigenvalue weighted by molar-refractivity contribution is 0.0681. The number of nitrogens with one attached hydrogen (secondary N) is 1. The molecule has 1 aromatic rings. The van der Waals surface area contributed by atoms with E-state index in [-0.39, 0.29) is 5.91 Å². The van der Waals surface area contributed by atoms with Gasteiger partial charge in [0.05, 0.1) is 14.2 Å². The van der Waals surface area contributed by atoms with Gasteiger partial charge in [-0.05, 0) is 37.5 Å². The zero-order valence-electron chi connectivity index (χ0n) is 12.8. The number of likely N-dealkylation sites (tertiary alicyclic amines) is 1. The molecule has 2 aliphatic heterocycles. The smallest absolute Gasteiger partial charge is 0.254 e. The van der Waals surface area contributed by atoms with Crippen molar-refractivity contribution in [2.24, 2.45) is 5.92 Å². The van der Waals surface area contributed by atoms with Gasteiger partial charge in [-0.2, -0.15) is 0 Å². The summed E-state index contributed by atoms with van der Waals surface area (Å²) in [5.74, 6) is 1.91. The summed E-state index contributed by atoms with van der Waals surface area (Å²) in [4.78, 5) is 14.9. The SMILES string of the molecule is COc1ccc(C(=O)N2C(C)CC3CNCC32)cc1OC. The molecule has 0 spiro atoms. The molecule has 2 aliphatic rings. The number of carbonyl (C=O) groups is 1. The Labute approximate surface area is 125 Å². The number of amides is 1. The molecule has 21 heavy (non-hydrogen) atoms. The Balaban J connectivity index is 1.88. The zero-order valence-corrected chi connectivity index (χ0v) is 12.8. The van der Waals surface area contributed by atoms with Crippen LogP contribution in [0.15, 0.2) is 18.2 Å². The van der Waals surface area contributed by atoms with Crippen LogP contribution in [-0.4, -0.2) is 50.2 Å². The molecular formula is C16H22N2O3. The number of hydrogen-bond donors (Lipinski definition) is 1. The summed E-state index contributed by atoms with van der Waals surface area (Å²) in [6.07, 6.45) is 1.08. The molecule has 0 aromatic heterocycles. The lowest BCUT2D eigenvalue weighted by Crippen LogP contribution is -2.42. The van der Waals surface area contributed by atoms with Gasteiger partial charge < -0.3 is 19.7 Å². The zero-order chi connectivity index (χ0) is 15.0. The van der Waals surface area contributed by atoms with Crippen molar-refractivity contribution in [3.63, 3.8) is 0 Å². The van der Waals surface area contributed by atoms with E-state index in [4.69, 9.17) is 9.47 Å². The maximum Gasteiger partial charge on any atom is 0.254 e. The lowest BCUT2D eigenvalue weighted by Gasteiger charge is -2.28. The molecule has 1 aromatic carbocycles. The number of nitrogens with zero attached hydrogens (tertiary/aromatic N) is 1. The Hall–Kier alpha value is -1.75. The van der Waals surface area contributed by atoms with Gasteiger partial charge in [-0.3, -0.25) is 4.79 Å². The second-order valence-electron chi connectivity index (χ2n) is 5.85. The van der Waals surface area contributed by atoms with Gasteiger partial charge in [0.15, 0.2) is 11.5 Å². The largest absolute Gasteiger partial charge is 0.493 e. The van der Waals surface area contributed by atoms with Gasteiger partial charge in [-0.1, -0.05) is 0 Å². The third-order valence-electron chi connectivity index (χ3n) is 4.65. The topological polar surface area (TPSA) is 50.8 Å². The predicted molar refractivity (Wildman–Crippen MR) is 79.9 cm³/mol. The molecule has 0 radical (unpaired) electrons. The van der Waals surface area contributed by atoms with Crippen LogP contribution in [0.1, 0.15) is 23.7 Å². The van der Waals surface area contributed by atoms with Crippen molar-refractivity contribution in [3.8, 4) is 11.5 Å². The molecule has 3 unspecified atom stereocenters. The van der Waals surface area contributed by atoms with Crippen LogP contribution in [0.4, 0.5) is 0 Å². The van der Waals surface area contributed by atoms with E-state index in [1.165, 1.54) is 0 Å².